The number of carbonyl (C=O) groups is 2. The molecule has 0 saturated carbocycles. The first-order valence-electron chi connectivity index (χ1n) is 7.46. The number of carbonyl (C=O) groups excluding carboxylic acids is 2. The van der Waals surface area contributed by atoms with E-state index >= 15 is 0 Å². The van der Waals surface area contributed by atoms with Crippen molar-refractivity contribution in [2.75, 3.05) is 0 Å². The number of esters is 2. The Balaban J connectivity index is 2.25. The molecule has 0 aliphatic rings. The van der Waals surface area contributed by atoms with Gasteiger partial charge in [0, 0.05) is 12.8 Å². The maximum absolute atomic E-state index is 11.3. The Kier molecular flexibility index (Phi) is 5.53. The van der Waals surface area contributed by atoms with Crippen LogP contribution in [0.15, 0.2) is 36.4 Å². The number of benzene rings is 2. The van der Waals surface area contributed by atoms with Crippen LogP contribution in [0.25, 0.3) is 10.8 Å². The fourth-order valence-corrected chi connectivity index (χ4v) is 2.21. The molecule has 0 heterocycles. The smallest absolute Gasteiger partial charge is 0.305 e. The second kappa shape index (κ2) is 7.59. The first kappa shape index (κ1) is 16.0. The Hall–Kier alpha value is -2.36. The van der Waals surface area contributed by atoms with Gasteiger partial charge in [-0.05, 0) is 21.9 Å². The summed E-state index contributed by atoms with van der Waals surface area (Å²) in [6.45, 7) is 4.04. The molecule has 0 aliphatic heterocycles. The fourth-order valence-electron chi connectivity index (χ4n) is 2.21. The third-order valence-corrected chi connectivity index (χ3v) is 3.46. The number of rotatable bonds is 6. The molecule has 116 valence electrons. The normalized spacial score (nSPS) is 10.5. The van der Waals surface area contributed by atoms with Crippen molar-refractivity contribution in [1.82, 2.24) is 0 Å². The van der Waals surface area contributed by atoms with Gasteiger partial charge in [-0.2, -0.15) is 0 Å². The molecule has 0 amide bonds. The number of hydrogen-bond donors (Lipinski definition) is 0. The topological polar surface area (TPSA) is 52.6 Å². The summed E-state index contributed by atoms with van der Waals surface area (Å²) in [5.74, 6) is -0.435. The molecular weight excluding hydrogens is 280 g/mol. The van der Waals surface area contributed by atoms with Gasteiger partial charge < -0.3 is 9.47 Å². The molecule has 2 rings (SSSR count). The highest BCUT2D eigenvalue weighted by Crippen LogP contribution is 2.24. The van der Waals surface area contributed by atoms with Crippen LogP contribution >= 0.6 is 0 Å². The van der Waals surface area contributed by atoms with E-state index in [-0.39, 0.29) is 25.2 Å². The molecule has 0 spiro atoms. The Labute approximate surface area is 130 Å². The maximum Gasteiger partial charge on any atom is 0.305 e. The molecule has 0 aromatic heterocycles. The van der Waals surface area contributed by atoms with Crippen molar-refractivity contribution < 1.29 is 19.1 Å². The summed E-state index contributed by atoms with van der Waals surface area (Å²) < 4.78 is 10.4. The molecule has 0 aliphatic carbocycles. The van der Waals surface area contributed by atoms with Crippen molar-refractivity contribution in [3.05, 3.63) is 47.5 Å². The Morgan fingerprint density at radius 1 is 0.773 bits per heavy atom. The van der Waals surface area contributed by atoms with Crippen molar-refractivity contribution in [2.45, 2.75) is 39.9 Å². The van der Waals surface area contributed by atoms with Crippen LogP contribution in [0.3, 0.4) is 0 Å². The largest absolute Gasteiger partial charge is 0.461 e. The lowest BCUT2D eigenvalue weighted by Gasteiger charge is -2.11. The predicted octanol–water partition coefficient (Wildman–Crippen LogP) is 3.75. The summed E-state index contributed by atoms with van der Waals surface area (Å²) in [5, 5.41) is 2.02. The maximum atomic E-state index is 11.3. The molecule has 0 fully saturated rings. The molecule has 4 heteroatoms. The fraction of sp³-hybridized carbons (Fsp3) is 0.333. The van der Waals surface area contributed by atoms with E-state index < -0.39 is 0 Å². The summed E-state index contributed by atoms with van der Waals surface area (Å²) >= 11 is 0. The molecule has 22 heavy (non-hydrogen) atoms. The molecule has 4 nitrogen and oxygen atoms in total. The van der Waals surface area contributed by atoms with E-state index in [2.05, 4.69) is 0 Å². The van der Waals surface area contributed by atoms with Gasteiger partial charge in [0.2, 0.25) is 0 Å². The van der Waals surface area contributed by atoms with Crippen molar-refractivity contribution in [3.8, 4) is 0 Å². The Morgan fingerprint density at radius 3 is 1.55 bits per heavy atom. The van der Waals surface area contributed by atoms with Crippen LogP contribution in [-0.4, -0.2) is 11.9 Å². The Morgan fingerprint density at radius 2 is 1.18 bits per heavy atom. The van der Waals surface area contributed by atoms with Crippen LogP contribution in [0.5, 0.6) is 0 Å². The highest BCUT2D eigenvalue weighted by atomic mass is 16.5. The van der Waals surface area contributed by atoms with Crippen molar-refractivity contribution in [2.24, 2.45) is 0 Å². The minimum atomic E-state index is -0.218. The van der Waals surface area contributed by atoms with Gasteiger partial charge in [-0.25, -0.2) is 0 Å². The van der Waals surface area contributed by atoms with E-state index in [0.717, 1.165) is 21.9 Å². The van der Waals surface area contributed by atoms with E-state index in [1.54, 1.807) is 13.8 Å². The van der Waals surface area contributed by atoms with Gasteiger partial charge in [0.05, 0.1) is 0 Å². The summed E-state index contributed by atoms with van der Waals surface area (Å²) in [6, 6.07) is 11.7. The summed E-state index contributed by atoms with van der Waals surface area (Å²) in [7, 11) is 0. The van der Waals surface area contributed by atoms with Crippen LogP contribution in [0.2, 0.25) is 0 Å². The van der Waals surface area contributed by atoms with Crippen LogP contribution in [-0.2, 0) is 32.3 Å². The standard InChI is InChI=1S/C18H20O4/c1-3-17(19)21-11-13-7-5-10-16-14(8-6-9-15(13)16)12-22-18(20)4-2/h5-10H,3-4,11-12H2,1-2H3. The van der Waals surface area contributed by atoms with E-state index in [9.17, 15) is 9.59 Å². The van der Waals surface area contributed by atoms with Gasteiger partial charge in [0.25, 0.3) is 0 Å². The minimum absolute atomic E-state index is 0.218. The highest BCUT2D eigenvalue weighted by Gasteiger charge is 2.08. The zero-order valence-corrected chi connectivity index (χ0v) is 12.9. The first-order valence-corrected chi connectivity index (χ1v) is 7.46. The molecule has 2 aromatic carbocycles. The SMILES string of the molecule is CCC(=O)OCc1cccc2c(COC(=O)CC)cccc12. The number of hydrogen-bond acceptors (Lipinski definition) is 4. The molecule has 0 unspecified atom stereocenters. The van der Waals surface area contributed by atoms with E-state index in [1.165, 1.54) is 0 Å². The van der Waals surface area contributed by atoms with E-state index in [0.29, 0.717) is 12.8 Å². The van der Waals surface area contributed by atoms with Crippen molar-refractivity contribution in [3.63, 3.8) is 0 Å². The summed E-state index contributed by atoms with van der Waals surface area (Å²) in [4.78, 5) is 22.6. The van der Waals surface area contributed by atoms with E-state index in [4.69, 9.17) is 9.47 Å². The van der Waals surface area contributed by atoms with Gasteiger partial charge in [0.15, 0.2) is 0 Å². The monoisotopic (exact) mass is 300 g/mol. The third kappa shape index (κ3) is 3.85. The van der Waals surface area contributed by atoms with Gasteiger partial charge in [-0.15, -0.1) is 0 Å². The van der Waals surface area contributed by atoms with Crippen LogP contribution in [0.4, 0.5) is 0 Å². The highest BCUT2D eigenvalue weighted by molar-refractivity contribution is 5.88. The lowest BCUT2D eigenvalue weighted by Crippen LogP contribution is -2.04. The second-order valence-electron chi connectivity index (χ2n) is 4.96. The third-order valence-electron chi connectivity index (χ3n) is 3.46. The van der Waals surface area contributed by atoms with Crippen LogP contribution < -0.4 is 0 Å². The molecule has 0 atom stereocenters. The lowest BCUT2D eigenvalue weighted by molar-refractivity contribution is -0.145. The van der Waals surface area contributed by atoms with Crippen LogP contribution in [0, 0.1) is 0 Å². The molecule has 0 saturated heterocycles. The quantitative estimate of drug-likeness (QED) is 0.762. The average molecular weight is 300 g/mol. The van der Waals surface area contributed by atoms with Crippen molar-refractivity contribution in [1.29, 1.82) is 0 Å². The van der Waals surface area contributed by atoms with E-state index in [1.807, 2.05) is 36.4 Å². The number of fused-ring (bicyclic) bond motifs is 1. The lowest BCUT2D eigenvalue weighted by atomic mass is 10.0. The van der Waals surface area contributed by atoms with Crippen molar-refractivity contribution >= 4 is 22.7 Å². The zero-order valence-electron chi connectivity index (χ0n) is 12.9. The van der Waals surface area contributed by atoms with Gasteiger partial charge in [-0.3, -0.25) is 9.59 Å². The summed E-state index contributed by atoms with van der Waals surface area (Å²) in [6.07, 6.45) is 0.728. The molecule has 2 aromatic rings. The average Bonchev–Trinajstić information content (AvgIpc) is 2.57. The number of ether oxygens (including phenoxy) is 2. The van der Waals surface area contributed by atoms with Gasteiger partial charge in [-0.1, -0.05) is 50.2 Å². The molecule has 0 radical (unpaired) electrons. The Bertz CT molecular complexity index is 617. The first-order chi connectivity index (χ1) is 10.7. The minimum Gasteiger partial charge on any atom is -0.461 e. The van der Waals surface area contributed by atoms with Crippen LogP contribution in [0.1, 0.15) is 37.8 Å². The molecule has 0 N–H and O–H groups in total. The predicted molar refractivity (Wildman–Crippen MR) is 84.1 cm³/mol. The summed E-state index contributed by atoms with van der Waals surface area (Å²) in [5.41, 5.74) is 1.89. The van der Waals surface area contributed by atoms with Gasteiger partial charge in [0.1, 0.15) is 13.2 Å². The second-order valence-corrected chi connectivity index (χ2v) is 4.96. The van der Waals surface area contributed by atoms with Gasteiger partial charge >= 0.3 is 11.9 Å². The zero-order chi connectivity index (χ0) is 15.9. The molecule has 0 bridgehead atoms. The molecular formula is C18H20O4.